The summed E-state index contributed by atoms with van der Waals surface area (Å²) < 4.78 is 44.9. The van der Waals surface area contributed by atoms with Gasteiger partial charge in [-0.1, -0.05) is 6.07 Å². The molecule has 1 aliphatic heterocycles. The van der Waals surface area contributed by atoms with Gasteiger partial charge in [0.05, 0.1) is 12.7 Å². The van der Waals surface area contributed by atoms with Gasteiger partial charge in [-0.15, -0.1) is 0 Å². The van der Waals surface area contributed by atoms with Crippen LogP contribution in [0.3, 0.4) is 0 Å². The van der Waals surface area contributed by atoms with Crippen molar-refractivity contribution in [2.75, 3.05) is 13.2 Å². The van der Waals surface area contributed by atoms with Gasteiger partial charge in [0.25, 0.3) is 0 Å². The van der Waals surface area contributed by atoms with Crippen LogP contribution < -0.4 is 5.32 Å². The molecule has 1 aromatic carbocycles. The first-order chi connectivity index (χ1) is 8.39. The molecule has 1 heterocycles. The minimum atomic E-state index is -1.42. The van der Waals surface area contributed by atoms with Crippen molar-refractivity contribution in [2.24, 2.45) is 0 Å². The van der Waals surface area contributed by atoms with Crippen molar-refractivity contribution >= 4 is 0 Å². The Morgan fingerprint density at radius 2 is 2.00 bits per heavy atom. The summed E-state index contributed by atoms with van der Waals surface area (Å²) in [6.07, 6.45) is 0.00364. The highest BCUT2D eigenvalue weighted by atomic mass is 19.2. The molecular weight excluding hydrogens is 243 g/mol. The Balaban J connectivity index is 2.05. The summed E-state index contributed by atoms with van der Waals surface area (Å²) in [7, 11) is 0. The summed E-state index contributed by atoms with van der Waals surface area (Å²) in [4.78, 5) is 0. The molecular formula is C13H16F3NO. The van der Waals surface area contributed by atoms with E-state index < -0.39 is 17.5 Å². The maximum Gasteiger partial charge on any atom is 0.194 e. The highest BCUT2D eigenvalue weighted by molar-refractivity contribution is 5.21. The molecule has 1 unspecified atom stereocenters. The van der Waals surface area contributed by atoms with Crippen LogP contribution in [0, 0.1) is 17.5 Å². The Labute approximate surface area is 104 Å². The molecule has 0 radical (unpaired) electrons. The zero-order valence-corrected chi connectivity index (χ0v) is 10.4. The SMILES string of the molecule is CC1(C)COC(Cc2ccc(F)c(F)c2F)CN1. The van der Waals surface area contributed by atoms with Crippen LogP contribution in [0.2, 0.25) is 0 Å². The average Bonchev–Trinajstić information content (AvgIpc) is 2.32. The van der Waals surface area contributed by atoms with Crippen molar-refractivity contribution in [2.45, 2.75) is 31.9 Å². The predicted octanol–water partition coefficient (Wildman–Crippen LogP) is 2.41. The van der Waals surface area contributed by atoms with E-state index >= 15 is 0 Å². The van der Waals surface area contributed by atoms with E-state index in [2.05, 4.69) is 5.32 Å². The summed E-state index contributed by atoms with van der Waals surface area (Å²) in [5.41, 5.74) is 0.0312. The first-order valence-corrected chi connectivity index (χ1v) is 5.88. The van der Waals surface area contributed by atoms with Crippen molar-refractivity contribution in [3.05, 3.63) is 35.1 Å². The van der Waals surface area contributed by atoms with E-state index in [9.17, 15) is 13.2 Å². The van der Waals surface area contributed by atoms with Crippen LogP contribution in [0.15, 0.2) is 12.1 Å². The highest BCUT2D eigenvalue weighted by Crippen LogP contribution is 2.19. The van der Waals surface area contributed by atoms with Crippen molar-refractivity contribution < 1.29 is 17.9 Å². The van der Waals surface area contributed by atoms with Crippen LogP contribution in [-0.2, 0) is 11.2 Å². The van der Waals surface area contributed by atoms with Crippen molar-refractivity contribution in [3.63, 3.8) is 0 Å². The predicted molar refractivity (Wildman–Crippen MR) is 61.8 cm³/mol. The fraction of sp³-hybridized carbons (Fsp3) is 0.538. The normalized spacial score (nSPS) is 23.1. The van der Waals surface area contributed by atoms with Gasteiger partial charge in [-0.05, 0) is 25.5 Å². The fourth-order valence-corrected chi connectivity index (χ4v) is 1.93. The van der Waals surface area contributed by atoms with Gasteiger partial charge < -0.3 is 10.1 Å². The minimum absolute atomic E-state index is 0.108. The number of nitrogens with one attached hydrogen (secondary N) is 1. The maximum absolute atomic E-state index is 13.5. The summed E-state index contributed by atoms with van der Waals surface area (Å²) in [6.45, 7) is 5.07. The van der Waals surface area contributed by atoms with E-state index in [-0.39, 0.29) is 23.6 Å². The number of rotatable bonds is 2. The number of hydrogen-bond donors (Lipinski definition) is 1. The lowest BCUT2D eigenvalue weighted by atomic mass is 10.0. The van der Waals surface area contributed by atoms with Gasteiger partial charge >= 0.3 is 0 Å². The molecule has 1 N–H and O–H groups in total. The molecule has 2 nitrogen and oxygen atoms in total. The lowest BCUT2D eigenvalue weighted by Crippen LogP contribution is -2.53. The number of morpholine rings is 1. The molecule has 0 bridgehead atoms. The molecule has 1 saturated heterocycles. The summed E-state index contributed by atoms with van der Waals surface area (Å²) in [5.74, 6) is -3.71. The molecule has 0 spiro atoms. The number of benzene rings is 1. The zero-order valence-electron chi connectivity index (χ0n) is 10.4. The Morgan fingerprint density at radius 1 is 1.28 bits per heavy atom. The van der Waals surface area contributed by atoms with E-state index in [1.54, 1.807) is 0 Å². The third-order valence-corrected chi connectivity index (χ3v) is 3.05. The van der Waals surface area contributed by atoms with Crippen LogP contribution in [0.25, 0.3) is 0 Å². The zero-order chi connectivity index (χ0) is 13.3. The summed E-state index contributed by atoms with van der Waals surface area (Å²) in [5, 5.41) is 3.26. The summed E-state index contributed by atoms with van der Waals surface area (Å²) >= 11 is 0. The van der Waals surface area contributed by atoms with Crippen molar-refractivity contribution in [1.29, 1.82) is 0 Å². The number of hydrogen-bond acceptors (Lipinski definition) is 2. The van der Waals surface area contributed by atoms with Crippen LogP contribution in [0.5, 0.6) is 0 Å². The maximum atomic E-state index is 13.5. The first-order valence-electron chi connectivity index (χ1n) is 5.88. The molecule has 1 aliphatic rings. The molecule has 0 amide bonds. The Morgan fingerprint density at radius 3 is 2.61 bits per heavy atom. The van der Waals surface area contributed by atoms with E-state index in [4.69, 9.17) is 4.74 Å². The van der Waals surface area contributed by atoms with Crippen molar-refractivity contribution in [1.82, 2.24) is 5.32 Å². The second kappa shape index (κ2) is 4.90. The van der Waals surface area contributed by atoms with Gasteiger partial charge in [0.15, 0.2) is 17.5 Å². The smallest absolute Gasteiger partial charge is 0.194 e. The Bertz CT molecular complexity index is 438. The van der Waals surface area contributed by atoms with Gasteiger partial charge in [-0.25, -0.2) is 13.2 Å². The molecule has 2 rings (SSSR count). The van der Waals surface area contributed by atoms with Crippen LogP contribution in [0.1, 0.15) is 19.4 Å². The monoisotopic (exact) mass is 259 g/mol. The van der Waals surface area contributed by atoms with E-state index in [0.717, 1.165) is 6.07 Å². The molecule has 100 valence electrons. The molecule has 1 atom stereocenters. The number of halogens is 3. The first kappa shape index (κ1) is 13.4. The van der Waals surface area contributed by atoms with Gasteiger partial charge in [0.2, 0.25) is 0 Å². The number of ether oxygens (including phenoxy) is 1. The minimum Gasteiger partial charge on any atom is -0.375 e. The Hall–Kier alpha value is -1.07. The van der Waals surface area contributed by atoms with E-state index in [1.165, 1.54) is 6.07 Å². The molecule has 0 aromatic heterocycles. The standard InChI is InChI=1S/C13H16F3NO/c1-13(2)7-18-9(6-17-13)5-8-3-4-10(14)12(16)11(8)15/h3-4,9,17H,5-7H2,1-2H3. The lowest BCUT2D eigenvalue weighted by molar-refractivity contribution is -0.0210. The van der Waals surface area contributed by atoms with Gasteiger partial charge in [-0.3, -0.25) is 0 Å². The van der Waals surface area contributed by atoms with Crippen LogP contribution in [-0.4, -0.2) is 24.8 Å². The van der Waals surface area contributed by atoms with Gasteiger partial charge in [-0.2, -0.15) is 0 Å². The molecule has 18 heavy (non-hydrogen) atoms. The van der Waals surface area contributed by atoms with Crippen LogP contribution in [0.4, 0.5) is 13.2 Å². The van der Waals surface area contributed by atoms with E-state index in [0.29, 0.717) is 13.2 Å². The topological polar surface area (TPSA) is 21.3 Å². The molecule has 1 fully saturated rings. The highest BCUT2D eigenvalue weighted by Gasteiger charge is 2.27. The van der Waals surface area contributed by atoms with Crippen molar-refractivity contribution in [3.8, 4) is 0 Å². The molecule has 0 saturated carbocycles. The quantitative estimate of drug-likeness (QED) is 0.824. The van der Waals surface area contributed by atoms with Gasteiger partial charge in [0, 0.05) is 18.5 Å². The summed E-state index contributed by atoms with van der Waals surface area (Å²) in [6, 6.07) is 2.20. The fourth-order valence-electron chi connectivity index (χ4n) is 1.93. The third kappa shape index (κ3) is 2.84. The van der Waals surface area contributed by atoms with Gasteiger partial charge in [0.1, 0.15) is 0 Å². The Kier molecular flexibility index (Phi) is 3.64. The second-order valence-electron chi connectivity index (χ2n) is 5.24. The average molecular weight is 259 g/mol. The molecule has 5 heteroatoms. The van der Waals surface area contributed by atoms with Crippen LogP contribution >= 0.6 is 0 Å². The third-order valence-electron chi connectivity index (χ3n) is 3.05. The molecule has 1 aromatic rings. The molecule has 0 aliphatic carbocycles. The van der Waals surface area contributed by atoms with E-state index in [1.807, 2.05) is 13.8 Å². The second-order valence-corrected chi connectivity index (χ2v) is 5.24. The largest absolute Gasteiger partial charge is 0.375 e. The lowest BCUT2D eigenvalue weighted by Gasteiger charge is -2.36.